The Labute approximate surface area is 178 Å². The van der Waals surface area contributed by atoms with Crippen LogP contribution in [0.1, 0.15) is 37.1 Å². The van der Waals surface area contributed by atoms with Crippen molar-refractivity contribution in [3.05, 3.63) is 35.4 Å². The second-order valence-corrected chi connectivity index (χ2v) is 9.70. The van der Waals surface area contributed by atoms with Crippen molar-refractivity contribution in [2.24, 2.45) is 5.92 Å². The first-order chi connectivity index (χ1) is 14.2. The fraction of sp³-hybridized carbons (Fsp3) is 0.600. The fourth-order valence-corrected chi connectivity index (χ4v) is 4.65. The molecule has 2 heterocycles. The Morgan fingerprint density at radius 3 is 2.53 bits per heavy atom. The highest BCUT2D eigenvalue weighted by molar-refractivity contribution is 7.88. The number of aromatic nitrogens is 3. The molecule has 0 radical (unpaired) electrons. The van der Waals surface area contributed by atoms with Gasteiger partial charge >= 0.3 is 0 Å². The van der Waals surface area contributed by atoms with Gasteiger partial charge in [0.1, 0.15) is 5.82 Å². The van der Waals surface area contributed by atoms with Crippen LogP contribution in [0, 0.1) is 5.92 Å². The van der Waals surface area contributed by atoms with Gasteiger partial charge in [-0.2, -0.15) is 0 Å². The number of para-hydroxylation sites is 1. The molecule has 0 bridgehead atoms. The summed E-state index contributed by atoms with van der Waals surface area (Å²) >= 11 is 0. The molecule has 1 aromatic heterocycles. The minimum atomic E-state index is -3.36. The van der Waals surface area contributed by atoms with E-state index in [4.69, 9.17) is 9.47 Å². The standard InChI is InChI=1S/C20H31N5O4S/c1-14(2)18(23-30(5,26)27)20-22-21-17-9-10-24(11-12-25(17)20)13-15-7-6-8-16(28-3)19(15)29-4/h6-8,14,18,23H,9-13H2,1-5H3. The van der Waals surface area contributed by atoms with E-state index in [2.05, 4.69) is 24.4 Å². The van der Waals surface area contributed by atoms with E-state index in [1.807, 2.05) is 32.0 Å². The van der Waals surface area contributed by atoms with Gasteiger partial charge in [0.15, 0.2) is 17.3 Å². The third-order valence-electron chi connectivity index (χ3n) is 5.31. The lowest BCUT2D eigenvalue weighted by molar-refractivity contribution is 0.262. The van der Waals surface area contributed by atoms with Crippen LogP contribution in [-0.4, -0.2) is 61.6 Å². The molecule has 0 saturated carbocycles. The average Bonchev–Trinajstić information content (AvgIpc) is 2.98. The zero-order chi connectivity index (χ0) is 21.9. The van der Waals surface area contributed by atoms with Crippen molar-refractivity contribution >= 4 is 10.0 Å². The third kappa shape index (κ3) is 5.11. The number of hydrogen-bond acceptors (Lipinski definition) is 7. The van der Waals surface area contributed by atoms with Gasteiger partial charge < -0.3 is 14.0 Å². The molecule has 166 valence electrons. The summed E-state index contributed by atoms with van der Waals surface area (Å²) in [6.45, 7) is 6.99. The maximum Gasteiger partial charge on any atom is 0.209 e. The lowest BCUT2D eigenvalue weighted by Crippen LogP contribution is -2.33. The van der Waals surface area contributed by atoms with Crippen molar-refractivity contribution < 1.29 is 17.9 Å². The smallest absolute Gasteiger partial charge is 0.209 e. The van der Waals surface area contributed by atoms with Gasteiger partial charge in [0.25, 0.3) is 0 Å². The van der Waals surface area contributed by atoms with E-state index in [0.717, 1.165) is 48.9 Å². The first kappa shape index (κ1) is 22.5. The molecule has 0 fully saturated rings. The van der Waals surface area contributed by atoms with Gasteiger partial charge in [-0.1, -0.05) is 26.0 Å². The Bertz CT molecular complexity index is 974. The summed E-state index contributed by atoms with van der Waals surface area (Å²) in [5.41, 5.74) is 1.06. The van der Waals surface area contributed by atoms with E-state index in [1.165, 1.54) is 6.26 Å². The molecular formula is C20H31N5O4S. The van der Waals surface area contributed by atoms with Crippen LogP contribution in [0.5, 0.6) is 11.5 Å². The number of benzene rings is 1. The minimum Gasteiger partial charge on any atom is -0.493 e. The highest BCUT2D eigenvalue weighted by Gasteiger charge is 2.28. The van der Waals surface area contributed by atoms with Crippen molar-refractivity contribution in [3.63, 3.8) is 0 Å². The molecule has 10 heteroatoms. The topological polar surface area (TPSA) is 98.6 Å². The summed E-state index contributed by atoms with van der Waals surface area (Å²) in [5, 5.41) is 8.69. The van der Waals surface area contributed by atoms with E-state index in [0.29, 0.717) is 12.4 Å². The van der Waals surface area contributed by atoms with Crippen molar-refractivity contribution in [2.75, 3.05) is 33.6 Å². The highest BCUT2D eigenvalue weighted by atomic mass is 32.2. The monoisotopic (exact) mass is 437 g/mol. The zero-order valence-electron chi connectivity index (χ0n) is 18.3. The lowest BCUT2D eigenvalue weighted by Gasteiger charge is -2.23. The maximum absolute atomic E-state index is 11.8. The molecule has 1 N–H and O–H groups in total. The lowest BCUT2D eigenvalue weighted by atomic mass is 10.1. The molecule has 3 rings (SSSR count). The molecular weight excluding hydrogens is 406 g/mol. The van der Waals surface area contributed by atoms with Crippen molar-refractivity contribution in [1.82, 2.24) is 24.4 Å². The van der Waals surface area contributed by atoms with Crippen LogP contribution in [0.15, 0.2) is 18.2 Å². The van der Waals surface area contributed by atoms with Gasteiger partial charge in [-0.05, 0) is 12.0 Å². The van der Waals surface area contributed by atoms with E-state index in [9.17, 15) is 8.42 Å². The Morgan fingerprint density at radius 1 is 1.13 bits per heavy atom. The predicted molar refractivity (Wildman–Crippen MR) is 114 cm³/mol. The van der Waals surface area contributed by atoms with Gasteiger partial charge in [-0.15, -0.1) is 10.2 Å². The van der Waals surface area contributed by atoms with Gasteiger partial charge in [0, 0.05) is 38.2 Å². The molecule has 1 aromatic carbocycles. The Balaban J connectivity index is 1.79. The van der Waals surface area contributed by atoms with Gasteiger partial charge in [0.05, 0.1) is 26.5 Å². The molecule has 1 unspecified atom stereocenters. The predicted octanol–water partition coefficient (Wildman–Crippen LogP) is 1.60. The number of sulfonamides is 1. The number of methoxy groups -OCH3 is 2. The van der Waals surface area contributed by atoms with E-state index >= 15 is 0 Å². The van der Waals surface area contributed by atoms with Crippen molar-refractivity contribution in [2.45, 2.75) is 39.4 Å². The average molecular weight is 438 g/mol. The van der Waals surface area contributed by atoms with Crippen LogP contribution in [0.3, 0.4) is 0 Å². The first-order valence-corrected chi connectivity index (χ1v) is 11.9. The maximum atomic E-state index is 11.8. The summed E-state index contributed by atoms with van der Waals surface area (Å²) in [4.78, 5) is 2.34. The van der Waals surface area contributed by atoms with Crippen LogP contribution in [-0.2, 0) is 29.5 Å². The molecule has 0 saturated heterocycles. The highest BCUT2D eigenvalue weighted by Crippen LogP contribution is 2.32. The number of ether oxygens (including phenoxy) is 2. The molecule has 9 nitrogen and oxygen atoms in total. The molecule has 1 atom stereocenters. The van der Waals surface area contributed by atoms with Gasteiger partial charge in [-0.25, -0.2) is 13.1 Å². The van der Waals surface area contributed by atoms with Crippen LogP contribution in [0.2, 0.25) is 0 Å². The number of nitrogens with one attached hydrogen (secondary N) is 1. The fourth-order valence-electron chi connectivity index (χ4n) is 3.81. The molecule has 1 aliphatic rings. The second kappa shape index (κ2) is 9.32. The minimum absolute atomic E-state index is 0.0495. The van der Waals surface area contributed by atoms with Crippen LogP contribution in [0.4, 0.5) is 0 Å². The molecule has 1 aliphatic heterocycles. The zero-order valence-corrected chi connectivity index (χ0v) is 19.1. The summed E-state index contributed by atoms with van der Waals surface area (Å²) in [6, 6.07) is 5.49. The van der Waals surface area contributed by atoms with E-state index < -0.39 is 16.1 Å². The number of rotatable bonds is 8. The summed E-state index contributed by atoms with van der Waals surface area (Å²) in [7, 11) is -0.0765. The normalized spacial score (nSPS) is 16.2. The molecule has 30 heavy (non-hydrogen) atoms. The van der Waals surface area contributed by atoms with Gasteiger partial charge in [0.2, 0.25) is 10.0 Å². The Kier molecular flexibility index (Phi) is 6.99. The molecule has 0 spiro atoms. The summed E-state index contributed by atoms with van der Waals surface area (Å²) in [5.74, 6) is 3.07. The van der Waals surface area contributed by atoms with E-state index in [1.54, 1.807) is 14.2 Å². The molecule has 0 amide bonds. The summed E-state index contributed by atoms with van der Waals surface area (Å²) in [6.07, 6.45) is 1.91. The van der Waals surface area contributed by atoms with Gasteiger partial charge in [-0.3, -0.25) is 4.90 Å². The van der Waals surface area contributed by atoms with Crippen LogP contribution >= 0.6 is 0 Å². The second-order valence-electron chi connectivity index (χ2n) is 7.92. The molecule has 2 aromatic rings. The number of nitrogens with zero attached hydrogens (tertiary/aromatic N) is 4. The third-order valence-corrected chi connectivity index (χ3v) is 5.99. The summed E-state index contributed by atoms with van der Waals surface area (Å²) < 4.78 is 39.4. The van der Waals surface area contributed by atoms with Crippen LogP contribution < -0.4 is 14.2 Å². The quantitative estimate of drug-likeness (QED) is 0.670. The largest absolute Gasteiger partial charge is 0.493 e. The van der Waals surface area contributed by atoms with E-state index in [-0.39, 0.29) is 5.92 Å². The SMILES string of the molecule is COc1cccc(CN2CCc3nnc(C(NS(C)(=O)=O)C(C)C)n3CC2)c1OC. The number of fused-ring (bicyclic) bond motifs is 1. The van der Waals surface area contributed by atoms with Crippen LogP contribution in [0.25, 0.3) is 0 Å². The Morgan fingerprint density at radius 2 is 1.90 bits per heavy atom. The molecule has 0 aliphatic carbocycles. The van der Waals surface area contributed by atoms with Crippen molar-refractivity contribution in [3.8, 4) is 11.5 Å². The first-order valence-electron chi connectivity index (χ1n) is 10.0. The van der Waals surface area contributed by atoms with Crippen molar-refractivity contribution in [1.29, 1.82) is 0 Å². The number of hydrogen-bond donors (Lipinski definition) is 1. The Hall–Kier alpha value is -2.17.